The number of benzene rings is 2. The molecule has 1 heterocycles. The second-order valence-corrected chi connectivity index (χ2v) is 5.84. The summed E-state index contributed by atoms with van der Waals surface area (Å²) in [6.07, 6.45) is 1.72. The van der Waals surface area contributed by atoms with Gasteiger partial charge in [0.15, 0.2) is 0 Å². The first-order chi connectivity index (χ1) is 12.5. The summed E-state index contributed by atoms with van der Waals surface area (Å²) in [5.74, 6) is -1.04. The van der Waals surface area contributed by atoms with Crippen molar-refractivity contribution in [3.63, 3.8) is 0 Å². The average Bonchev–Trinajstić information content (AvgIpc) is 2.97. The van der Waals surface area contributed by atoms with E-state index in [0.717, 1.165) is 10.9 Å². The molecule has 3 rings (SSSR count). The topological polar surface area (TPSA) is 92.2 Å². The monoisotopic (exact) mass is 350 g/mol. The van der Waals surface area contributed by atoms with E-state index in [4.69, 9.17) is 0 Å². The molecular weight excluding hydrogens is 332 g/mol. The first kappa shape index (κ1) is 17.2. The number of para-hydroxylation sites is 1. The number of aromatic nitrogens is 1. The number of aryl methyl sites for hydroxylation is 1. The van der Waals surface area contributed by atoms with Crippen LogP contribution in [0.1, 0.15) is 27.6 Å². The highest BCUT2D eigenvalue weighted by Gasteiger charge is 2.14. The molecule has 3 N–H and O–H groups in total. The molecule has 0 unspecified atom stereocenters. The zero-order chi connectivity index (χ0) is 18.7. The van der Waals surface area contributed by atoms with Crippen LogP contribution in [-0.2, 0) is 11.8 Å². The lowest BCUT2D eigenvalue weighted by atomic mass is 10.1. The fourth-order valence-corrected chi connectivity index (χ4v) is 2.68. The zero-order valence-corrected chi connectivity index (χ0v) is 14.4. The van der Waals surface area contributed by atoms with Crippen molar-refractivity contribution in [2.45, 2.75) is 6.92 Å². The molecule has 0 aliphatic carbocycles. The standard InChI is InChI=1S/C19H18N4O3/c1-12(24)20-14-9-7-13(8-10-14)18(25)21-22-19(26)16-11-23(2)17-6-4-3-5-15(16)17/h3-11H,1-2H3,(H,20,24)(H,21,25)(H,22,26). The van der Waals surface area contributed by atoms with Gasteiger partial charge in [-0.25, -0.2) is 0 Å². The highest BCUT2D eigenvalue weighted by atomic mass is 16.2. The second kappa shape index (κ2) is 7.10. The fraction of sp³-hybridized carbons (Fsp3) is 0.105. The summed E-state index contributed by atoms with van der Waals surface area (Å²) in [5.41, 5.74) is 7.18. The number of rotatable bonds is 3. The number of anilines is 1. The molecule has 1 aromatic heterocycles. The second-order valence-electron chi connectivity index (χ2n) is 5.84. The Labute approximate surface area is 150 Å². The molecule has 0 radical (unpaired) electrons. The van der Waals surface area contributed by atoms with Crippen molar-refractivity contribution >= 4 is 34.3 Å². The van der Waals surface area contributed by atoms with E-state index in [1.54, 1.807) is 30.5 Å². The third kappa shape index (κ3) is 3.56. The molecule has 0 atom stereocenters. The number of hydrazine groups is 1. The highest BCUT2D eigenvalue weighted by Crippen LogP contribution is 2.19. The summed E-state index contributed by atoms with van der Waals surface area (Å²) in [7, 11) is 1.86. The number of carbonyl (C=O) groups excluding carboxylic acids is 3. The smallest absolute Gasteiger partial charge is 0.271 e. The number of nitrogens with zero attached hydrogens (tertiary/aromatic N) is 1. The lowest BCUT2D eigenvalue weighted by Gasteiger charge is -2.08. The maximum absolute atomic E-state index is 12.4. The summed E-state index contributed by atoms with van der Waals surface area (Å²) in [6.45, 7) is 1.41. The van der Waals surface area contributed by atoms with Gasteiger partial charge < -0.3 is 9.88 Å². The Morgan fingerprint density at radius 1 is 0.885 bits per heavy atom. The molecule has 0 aliphatic heterocycles. The average molecular weight is 350 g/mol. The van der Waals surface area contributed by atoms with Gasteiger partial charge in [0.25, 0.3) is 11.8 Å². The molecule has 3 amide bonds. The maximum atomic E-state index is 12.4. The summed E-state index contributed by atoms with van der Waals surface area (Å²) < 4.78 is 1.85. The number of carbonyl (C=O) groups is 3. The van der Waals surface area contributed by atoms with E-state index in [9.17, 15) is 14.4 Å². The Morgan fingerprint density at radius 2 is 1.54 bits per heavy atom. The quantitative estimate of drug-likeness (QED) is 0.633. The summed E-state index contributed by atoms with van der Waals surface area (Å²) in [4.78, 5) is 35.6. The highest BCUT2D eigenvalue weighted by molar-refractivity contribution is 6.08. The third-order valence-electron chi connectivity index (χ3n) is 3.90. The van der Waals surface area contributed by atoms with Crippen molar-refractivity contribution in [1.29, 1.82) is 0 Å². The van der Waals surface area contributed by atoms with Crippen molar-refractivity contribution in [2.24, 2.45) is 7.05 Å². The number of fused-ring (bicyclic) bond motifs is 1. The van der Waals surface area contributed by atoms with Gasteiger partial charge in [0.05, 0.1) is 5.56 Å². The van der Waals surface area contributed by atoms with Gasteiger partial charge in [-0.15, -0.1) is 0 Å². The summed E-state index contributed by atoms with van der Waals surface area (Å²) in [6, 6.07) is 13.9. The van der Waals surface area contributed by atoms with Gasteiger partial charge in [0.1, 0.15) is 0 Å². The predicted molar refractivity (Wildman–Crippen MR) is 98.6 cm³/mol. The Kier molecular flexibility index (Phi) is 4.70. The van der Waals surface area contributed by atoms with Crippen LogP contribution in [0.2, 0.25) is 0 Å². The predicted octanol–water partition coefficient (Wildman–Crippen LogP) is 2.21. The van der Waals surface area contributed by atoms with Crippen LogP contribution < -0.4 is 16.2 Å². The molecular formula is C19H18N4O3. The summed E-state index contributed by atoms with van der Waals surface area (Å²) >= 11 is 0. The van der Waals surface area contributed by atoms with E-state index in [-0.39, 0.29) is 5.91 Å². The number of hydrogen-bond acceptors (Lipinski definition) is 3. The molecule has 0 saturated carbocycles. The SMILES string of the molecule is CC(=O)Nc1ccc(C(=O)NNC(=O)c2cn(C)c3ccccc23)cc1. The van der Waals surface area contributed by atoms with Crippen molar-refractivity contribution in [3.8, 4) is 0 Å². The van der Waals surface area contributed by atoms with Gasteiger partial charge in [0.2, 0.25) is 5.91 Å². The first-order valence-corrected chi connectivity index (χ1v) is 7.98. The van der Waals surface area contributed by atoms with Crippen LogP contribution in [0.5, 0.6) is 0 Å². The number of nitrogens with one attached hydrogen (secondary N) is 3. The van der Waals surface area contributed by atoms with Gasteiger partial charge in [-0.2, -0.15) is 0 Å². The van der Waals surface area contributed by atoms with E-state index < -0.39 is 11.8 Å². The van der Waals surface area contributed by atoms with Crippen LogP contribution in [0.15, 0.2) is 54.7 Å². The lowest BCUT2D eigenvalue weighted by Crippen LogP contribution is -2.41. The fourth-order valence-electron chi connectivity index (χ4n) is 2.68. The van der Waals surface area contributed by atoms with Crippen LogP contribution in [0, 0.1) is 0 Å². The third-order valence-corrected chi connectivity index (χ3v) is 3.90. The molecule has 0 saturated heterocycles. The molecule has 7 nitrogen and oxygen atoms in total. The number of hydrogen-bond donors (Lipinski definition) is 3. The van der Waals surface area contributed by atoms with Gasteiger partial charge in [-0.3, -0.25) is 25.2 Å². The lowest BCUT2D eigenvalue weighted by molar-refractivity contribution is -0.114. The molecule has 7 heteroatoms. The van der Waals surface area contributed by atoms with Crippen LogP contribution in [0.25, 0.3) is 10.9 Å². The summed E-state index contributed by atoms with van der Waals surface area (Å²) in [5, 5.41) is 3.43. The van der Waals surface area contributed by atoms with Gasteiger partial charge >= 0.3 is 0 Å². The van der Waals surface area contributed by atoms with Crippen LogP contribution >= 0.6 is 0 Å². The molecule has 0 fully saturated rings. The molecule has 132 valence electrons. The van der Waals surface area contributed by atoms with Crippen molar-refractivity contribution in [1.82, 2.24) is 15.4 Å². The maximum Gasteiger partial charge on any atom is 0.271 e. The van der Waals surface area contributed by atoms with Crippen LogP contribution in [0.3, 0.4) is 0 Å². The van der Waals surface area contributed by atoms with Crippen LogP contribution in [0.4, 0.5) is 5.69 Å². The molecule has 0 aliphatic rings. The van der Waals surface area contributed by atoms with E-state index in [1.807, 2.05) is 35.9 Å². The molecule has 2 aromatic carbocycles. The van der Waals surface area contributed by atoms with E-state index in [0.29, 0.717) is 16.8 Å². The molecule has 26 heavy (non-hydrogen) atoms. The molecule has 0 bridgehead atoms. The van der Waals surface area contributed by atoms with Crippen molar-refractivity contribution < 1.29 is 14.4 Å². The van der Waals surface area contributed by atoms with Gasteiger partial charge in [-0.1, -0.05) is 18.2 Å². The first-order valence-electron chi connectivity index (χ1n) is 7.98. The van der Waals surface area contributed by atoms with Crippen molar-refractivity contribution in [2.75, 3.05) is 5.32 Å². The van der Waals surface area contributed by atoms with E-state index in [2.05, 4.69) is 16.2 Å². The minimum Gasteiger partial charge on any atom is -0.350 e. The minimum absolute atomic E-state index is 0.190. The molecule has 0 spiro atoms. The van der Waals surface area contributed by atoms with Crippen LogP contribution in [-0.4, -0.2) is 22.3 Å². The zero-order valence-electron chi connectivity index (χ0n) is 14.4. The largest absolute Gasteiger partial charge is 0.350 e. The Morgan fingerprint density at radius 3 is 2.23 bits per heavy atom. The number of amides is 3. The van der Waals surface area contributed by atoms with Gasteiger partial charge in [-0.05, 0) is 30.3 Å². The Balaban J connectivity index is 1.67. The Hall–Kier alpha value is -3.61. The van der Waals surface area contributed by atoms with E-state index >= 15 is 0 Å². The Bertz CT molecular complexity index is 990. The normalized spacial score (nSPS) is 10.4. The van der Waals surface area contributed by atoms with E-state index in [1.165, 1.54) is 6.92 Å². The minimum atomic E-state index is -0.451. The molecule has 3 aromatic rings. The van der Waals surface area contributed by atoms with Crippen molar-refractivity contribution in [3.05, 3.63) is 65.9 Å². The van der Waals surface area contributed by atoms with Gasteiger partial charge in [0, 0.05) is 42.3 Å².